The number of benzene rings is 2. The van der Waals surface area contributed by atoms with E-state index in [2.05, 4.69) is 11.0 Å². The highest BCUT2D eigenvalue weighted by atomic mass is 16.5. The van der Waals surface area contributed by atoms with Crippen LogP contribution in [-0.4, -0.2) is 56.1 Å². The number of aryl methyl sites for hydroxylation is 1. The fraction of sp³-hybridized carbons (Fsp3) is 0.417. The van der Waals surface area contributed by atoms with E-state index in [1.165, 1.54) is 5.56 Å². The largest absolute Gasteiger partial charge is 0.497 e. The van der Waals surface area contributed by atoms with Crippen LogP contribution in [0.15, 0.2) is 42.5 Å². The third-order valence-corrected chi connectivity index (χ3v) is 5.47. The van der Waals surface area contributed by atoms with Gasteiger partial charge in [-0.2, -0.15) is 5.26 Å². The number of nitrogens with zero attached hydrogens (tertiary/aromatic N) is 3. The average Bonchev–Trinajstić information content (AvgIpc) is 3.03. The minimum absolute atomic E-state index is 0.192. The Balaban J connectivity index is 1.51. The van der Waals surface area contributed by atoms with Crippen LogP contribution in [0, 0.1) is 11.3 Å². The van der Waals surface area contributed by atoms with Gasteiger partial charge < -0.3 is 14.4 Å². The zero-order valence-electron chi connectivity index (χ0n) is 17.8. The second-order valence-electron chi connectivity index (χ2n) is 7.54. The van der Waals surface area contributed by atoms with Gasteiger partial charge in [-0.15, -0.1) is 0 Å². The second-order valence-corrected chi connectivity index (χ2v) is 7.54. The van der Waals surface area contributed by atoms with Crippen LogP contribution >= 0.6 is 0 Å². The lowest BCUT2D eigenvalue weighted by atomic mass is 10.1. The molecule has 0 aliphatic carbocycles. The summed E-state index contributed by atoms with van der Waals surface area (Å²) in [6.07, 6.45) is 2.11. The summed E-state index contributed by atoms with van der Waals surface area (Å²) in [5.74, 6) is 1.67. The van der Waals surface area contributed by atoms with Crippen LogP contribution in [0.1, 0.15) is 29.5 Å². The fourth-order valence-corrected chi connectivity index (χ4v) is 3.74. The second kappa shape index (κ2) is 10.7. The summed E-state index contributed by atoms with van der Waals surface area (Å²) in [5.41, 5.74) is 2.91. The minimum atomic E-state index is 0.192. The van der Waals surface area contributed by atoms with E-state index in [-0.39, 0.29) is 5.91 Å². The Labute approximate surface area is 178 Å². The van der Waals surface area contributed by atoms with Crippen molar-refractivity contribution in [1.82, 2.24) is 9.80 Å². The molecule has 1 amide bonds. The zero-order chi connectivity index (χ0) is 21.3. The van der Waals surface area contributed by atoms with Gasteiger partial charge in [-0.05, 0) is 48.2 Å². The van der Waals surface area contributed by atoms with Crippen LogP contribution in [0.2, 0.25) is 0 Å². The van der Waals surface area contributed by atoms with Crippen molar-refractivity contribution in [2.45, 2.75) is 25.8 Å². The van der Waals surface area contributed by atoms with Gasteiger partial charge in [0.1, 0.15) is 11.5 Å². The molecule has 6 nitrogen and oxygen atoms in total. The highest BCUT2D eigenvalue weighted by Crippen LogP contribution is 2.23. The van der Waals surface area contributed by atoms with Crippen molar-refractivity contribution in [3.05, 3.63) is 59.2 Å². The van der Waals surface area contributed by atoms with Crippen molar-refractivity contribution < 1.29 is 14.3 Å². The molecule has 1 saturated heterocycles. The molecule has 1 aliphatic rings. The molecule has 0 unspecified atom stereocenters. The number of ether oxygens (including phenoxy) is 2. The fourth-order valence-electron chi connectivity index (χ4n) is 3.74. The normalized spacial score (nSPS) is 14.6. The molecule has 6 heteroatoms. The van der Waals surface area contributed by atoms with E-state index in [9.17, 15) is 4.79 Å². The predicted molar refractivity (Wildman–Crippen MR) is 115 cm³/mol. The maximum atomic E-state index is 12.8. The van der Waals surface area contributed by atoms with Crippen LogP contribution in [-0.2, 0) is 17.8 Å². The molecule has 2 aromatic rings. The van der Waals surface area contributed by atoms with Crippen LogP contribution in [0.4, 0.5) is 0 Å². The van der Waals surface area contributed by atoms with Crippen molar-refractivity contribution >= 4 is 5.91 Å². The van der Waals surface area contributed by atoms with Crippen LogP contribution in [0.3, 0.4) is 0 Å². The number of amides is 1. The molecule has 1 aliphatic heterocycles. The molecule has 2 aromatic carbocycles. The molecule has 1 heterocycles. The average molecular weight is 408 g/mol. The quantitative estimate of drug-likeness (QED) is 0.705. The first-order valence-electron chi connectivity index (χ1n) is 10.3. The van der Waals surface area contributed by atoms with Crippen molar-refractivity contribution in [2.75, 3.05) is 40.4 Å². The molecule has 0 saturated carbocycles. The highest BCUT2D eigenvalue weighted by Gasteiger charge is 2.19. The Kier molecular flexibility index (Phi) is 7.69. The summed E-state index contributed by atoms with van der Waals surface area (Å²) < 4.78 is 10.6. The van der Waals surface area contributed by atoms with E-state index >= 15 is 0 Å². The molecule has 30 heavy (non-hydrogen) atoms. The van der Waals surface area contributed by atoms with Crippen LogP contribution < -0.4 is 9.47 Å². The molecule has 0 atom stereocenters. The van der Waals surface area contributed by atoms with E-state index in [0.29, 0.717) is 18.4 Å². The highest BCUT2D eigenvalue weighted by molar-refractivity contribution is 5.76. The standard InChI is InChI=1S/C24H29N3O3/c1-29-22-14-21(15-23(16-22)30-2)8-9-24(28)27-11-3-10-26(12-13-27)18-20-6-4-19(17-25)5-7-20/h4-7,14-16H,3,8-13,18H2,1-2H3. The molecular weight excluding hydrogens is 378 g/mol. The Bertz CT molecular complexity index is 867. The van der Waals surface area contributed by atoms with Gasteiger partial charge in [0.05, 0.1) is 25.9 Å². The van der Waals surface area contributed by atoms with Crippen molar-refractivity contribution in [2.24, 2.45) is 0 Å². The van der Waals surface area contributed by atoms with Gasteiger partial charge in [-0.25, -0.2) is 0 Å². The molecule has 0 aromatic heterocycles. The first-order chi connectivity index (χ1) is 14.6. The first kappa shape index (κ1) is 21.7. The number of carbonyl (C=O) groups is 1. The van der Waals surface area contributed by atoms with Crippen molar-refractivity contribution in [1.29, 1.82) is 5.26 Å². The molecule has 0 radical (unpaired) electrons. The third kappa shape index (κ3) is 5.98. The maximum Gasteiger partial charge on any atom is 0.222 e. The Hall–Kier alpha value is -3.04. The SMILES string of the molecule is COc1cc(CCC(=O)N2CCCN(Cc3ccc(C#N)cc3)CC2)cc(OC)c1. The molecule has 3 rings (SSSR count). The monoisotopic (exact) mass is 407 g/mol. The van der Waals surface area contributed by atoms with Gasteiger partial charge in [0.2, 0.25) is 5.91 Å². The van der Waals surface area contributed by atoms with Gasteiger partial charge in [-0.3, -0.25) is 9.69 Å². The van der Waals surface area contributed by atoms with E-state index in [1.54, 1.807) is 14.2 Å². The smallest absolute Gasteiger partial charge is 0.222 e. The molecule has 0 N–H and O–H groups in total. The molecule has 158 valence electrons. The number of nitriles is 1. The number of rotatable bonds is 7. The van der Waals surface area contributed by atoms with Crippen molar-refractivity contribution in [3.8, 4) is 17.6 Å². The molecule has 0 spiro atoms. The molecule has 1 fully saturated rings. The summed E-state index contributed by atoms with van der Waals surface area (Å²) >= 11 is 0. The van der Waals surface area contributed by atoms with Crippen LogP contribution in [0.5, 0.6) is 11.5 Å². The minimum Gasteiger partial charge on any atom is -0.497 e. The summed E-state index contributed by atoms with van der Waals surface area (Å²) in [6, 6.07) is 15.6. The molecular formula is C24H29N3O3. The number of hydrogen-bond donors (Lipinski definition) is 0. The van der Waals surface area contributed by atoms with Gasteiger partial charge in [0.25, 0.3) is 0 Å². The van der Waals surface area contributed by atoms with E-state index in [4.69, 9.17) is 14.7 Å². The maximum absolute atomic E-state index is 12.8. The van der Waals surface area contributed by atoms with Gasteiger partial charge in [-0.1, -0.05) is 12.1 Å². The molecule has 0 bridgehead atoms. The predicted octanol–water partition coefficient (Wildman–Crippen LogP) is 3.24. The first-order valence-corrected chi connectivity index (χ1v) is 10.3. The lowest BCUT2D eigenvalue weighted by Crippen LogP contribution is -2.35. The van der Waals surface area contributed by atoms with Gasteiger partial charge >= 0.3 is 0 Å². The number of methoxy groups -OCH3 is 2. The summed E-state index contributed by atoms with van der Waals surface area (Å²) in [7, 11) is 3.26. The third-order valence-electron chi connectivity index (χ3n) is 5.47. The Morgan fingerprint density at radius 3 is 2.30 bits per heavy atom. The lowest BCUT2D eigenvalue weighted by molar-refractivity contribution is -0.131. The Morgan fingerprint density at radius 2 is 1.67 bits per heavy atom. The van der Waals surface area contributed by atoms with Crippen LogP contribution in [0.25, 0.3) is 0 Å². The van der Waals surface area contributed by atoms with E-state index < -0.39 is 0 Å². The van der Waals surface area contributed by atoms with Gasteiger partial charge in [0.15, 0.2) is 0 Å². The van der Waals surface area contributed by atoms with E-state index in [0.717, 1.165) is 56.2 Å². The number of hydrogen-bond acceptors (Lipinski definition) is 5. The van der Waals surface area contributed by atoms with Gasteiger partial charge in [0, 0.05) is 45.2 Å². The topological polar surface area (TPSA) is 65.8 Å². The summed E-state index contributed by atoms with van der Waals surface area (Å²) in [5, 5.41) is 8.93. The van der Waals surface area contributed by atoms with E-state index in [1.807, 2.05) is 47.4 Å². The Morgan fingerprint density at radius 1 is 0.967 bits per heavy atom. The lowest BCUT2D eigenvalue weighted by Gasteiger charge is -2.22. The summed E-state index contributed by atoms with van der Waals surface area (Å²) in [4.78, 5) is 17.1. The van der Waals surface area contributed by atoms with Crippen molar-refractivity contribution in [3.63, 3.8) is 0 Å². The number of carbonyl (C=O) groups excluding carboxylic acids is 1. The zero-order valence-corrected chi connectivity index (χ0v) is 17.8. The summed E-state index contributed by atoms with van der Waals surface area (Å²) in [6.45, 7) is 4.22.